The Morgan fingerprint density at radius 1 is 1.25 bits per heavy atom. The van der Waals surface area contributed by atoms with Crippen molar-refractivity contribution in [3.63, 3.8) is 0 Å². The van der Waals surface area contributed by atoms with Crippen molar-refractivity contribution in [1.29, 1.82) is 0 Å². The quantitative estimate of drug-likeness (QED) is 0.842. The van der Waals surface area contributed by atoms with E-state index < -0.39 is 0 Å². The van der Waals surface area contributed by atoms with Crippen LogP contribution in [0.25, 0.3) is 0 Å². The molecule has 0 atom stereocenters. The molecule has 0 spiro atoms. The first-order valence-corrected chi connectivity index (χ1v) is 6.39. The Hall–Kier alpha value is -0.570. The van der Waals surface area contributed by atoms with Crippen molar-refractivity contribution in [1.82, 2.24) is 10.6 Å². The molecule has 1 heterocycles. The fourth-order valence-electron chi connectivity index (χ4n) is 2.14. The summed E-state index contributed by atoms with van der Waals surface area (Å²) in [6.07, 6.45) is 2.57. The van der Waals surface area contributed by atoms with Gasteiger partial charge in [0.2, 0.25) is 0 Å². The molecule has 0 aliphatic carbocycles. The van der Waals surface area contributed by atoms with Gasteiger partial charge in [-0.3, -0.25) is 0 Å². The van der Waals surface area contributed by atoms with Gasteiger partial charge in [0.05, 0.1) is 0 Å². The van der Waals surface area contributed by atoms with Crippen LogP contribution in [0.2, 0.25) is 5.02 Å². The van der Waals surface area contributed by atoms with Gasteiger partial charge in [-0.25, -0.2) is 0 Å². The molecule has 0 amide bonds. The lowest BCUT2D eigenvalue weighted by Gasteiger charge is -2.22. The van der Waals surface area contributed by atoms with Crippen LogP contribution in [0.1, 0.15) is 18.4 Å². The lowest BCUT2D eigenvalue weighted by atomic mass is 9.98. The Morgan fingerprint density at radius 3 is 2.75 bits per heavy atom. The Balaban J connectivity index is 1.73. The van der Waals surface area contributed by atoms with E-state index in [1.807, 2.05) is 18.2 Å². The standard InChI is InChI=1S/C13H19ClN2/c14-13-4-2-1-3-12(13)10-16-9-11-5-7-15-8-6-11/h1-4,11,15-16H,5-10H2. The second-order valence-electron chi connectivity index (χ2n) is 4.42. The summed E-state index contributed by atoms with van der Waals surface area (Å²) >= 11 is 6.10. The topological polar surface area (TPSA) is 24.1 Å². The minimum absolute atomic E-state index is 0.823. The van der Waals surface area contributed by atoms with Crippen LogP contribution >= 0.6 is 11.6 Å². The van der Waals surface area contributed by atoms with Crippen molar-refractivity contribution >= 4 is 11.6 Å². The van der Waals surface area contributed by atoms with E-state index in [1.54, 1.807) is 0 Å². The minimum Gasteiger partial charge on any atom is -0.317 e. The van der Waals surface area contributed by atoms with Crippen LogP contribution in [-0.4, -0.2) is 19.6 Å². The summed E-state index contributed by atoms with van der Waals surface area (Å²) in [5, 5.41) is 7.74. The Labute approximate surface area is 102 Å². The fourth-order valence-corrected chi connectivity index (χ4v) is 2.34. The molecule has 1 aliphatic rings. The molecular formula is C13H19ClN2. The van der Waals surface area contributed by atoms with Crippen LogP contribution in [0, 0.1) is 5.92 Å². The maximum Gasteiger partial charge on any atom is 0.0450 e. The number of hydrogen-bond donors (Lipinski definition) is 2. The molecule has 2 rings (SSSR count). The molecule has 1 fully saturated rings. The third kappa shape index (κ3) is 3.48. The average molecular weight is 239 g/mol. The summed E-state index contributed by atoms with van der Waals surface area (Å²) < 4.78 is 0. The number of nitrogens with one attached hydrogen (secondary N) is 2. The summed E-state index contributed by atoms with van der Waals surface area (Å²) in [6.45, 7) is 4.31. The van der Waals surface area contributed by atoms with E-state index in [1.165, 1.54) is 31.5 Å². The molecule has 1 aliphatic heterocycles. The van der Waals surface area contributed by atoms with Gasteiger partial charge in [-0.15, -0.1) is 0 Å². The van der Waals surface area contributed by atoms with Crippen molar-refractivity contribution in [2.24, 2.45) is 5.92 Å². The minimum atomic E-state index is 0.823. The van der Waals surface area contributed by atoms with Crippen LogP contribution in [0.3, 0.4) is 0 Å². The number of halogens is 1. The van der Waals surface area contributed by atoms with Crippen molar-refractivity contribution in [2.45, 2.75) is 19.4 Å². The summed E-state index contributed by atoms with van der Waals surface area (Å²) in [6, 6.07) is 8.03. The zero-order valence-electron chi connectivity index (χ0n) is 9.51. The van der Waals surface area contributed by atoms with Crippen LogP contribution < -0.4 is 10.6 Å². The molecular weight excluding hydrogens is 220 g/mol. The maximum atomic E-state index is 6.10. The fraction of sp³-hybridized carbons (Fsp3) is 0.538. The van der Waals surface area contributed by atoms with Gasteiger partial charge in [0, 0.05) is 11.6 Å². The summed E-state index contributed by atoms with van der Waals surface area (Å²) in [4.78, 5) is 0. The lowest BCUT2D eigenvalue weighted by molar-refractivity contribution is 0.356. The Bertz CT molecular complexity index is 321. The van der Waals surface area contributed by atoms with E-state index >= 15 is 0 Å². The molecule has 16 heavy (non-hydrogen) atoms. The largest absolute Gasteiger partial charge is 0.317 e. The second kappa shape index (κ2) is 6.24. The van der Waals surface area contributed by atoms with Crippen molar-refractivity contribution < 1.29 is 0 Å². The van der Waals surface area contributed by atoms with Gasteiger partial charge in [-0.1, -0.05) is 29.8 Å². The van der Waals surface area contributed by atoms with Gasteiger partial charge in [-0.05, 0) is 50.0 Å². The van der Waals surface area contributed by atoms with Gasteiger partial charge in [0.25, 0.3) is 0 Å². The molecule has 2 N–H and O–H groups in total. The van der Waals surface area contributed by atoms with Crippen molar-refractivity contribution in [2.75, 3.05) is 19.6 Å². The highest BCUT2D eigenvalue weighted by molar-refractivity contribution is 6.31. The lowest BCUT2D eigenvalue weighted by Crippen LogP contribution is -2.33. The van der Waals surface area contributed by atoms with Crippen molar-refractivity contribution in [3.8, 4) is 0 Å². The zero-order chi connectivity index (χ0) is 11.2. The molecule has 0 bridgehead atoms. The first-order chi connectivity index (χ1) is 7.86. The maximum absolute atomic E-state index is 6.10. The van der Waals surface area contributed by atoms with E-state index in [-0.39, 0.29) is 0 Å². The van der Waals surface area contributed by atoms with Gasteiger partial charge in [0.1, 0.15) is 0 Å². The van der Waals surface area contributed by atoms with Gasteiger partial charge in [0.15, 0.2) is 0 Å². The molecule has 3 heteroatoms. The first kappa shape index (κ1) is 11.9. The molecule has 88 valence electrons. The molecule has 0 radical (unpaired) electrons. The normalized spacial score (nSPS) is 17.6. The second-order valence-corrected chi connectivity index (χ2v) is 4.82. The highest BCUT2D eigenvalue weighted by atomic mass is 35.5. The highest BCUT2D eigenvalue weighted by Crippen LogP contribution is 2.15. The summed E-state index contributed by atoms with van der Waals surface area (Å²) in [7, 11) is 0. The molecule has 0 aromatic heterocycles. The molecule has 2 nitrogen and oxygen atoms in total. The monoisotopic (exact) mass is 238 g/mol. The predicted octanol–water partition coefficient (Wildman–Crippen LogP) is 2.43. The highest BCUT2D eigenvalue weighted by Gasteiger charge is 2.12. The molecule has 0 unspecified atom stereocenters. The van der Waals surface area contributed by atoms with E-state index in [4.69, 9.17) is 11.6 Å². The van der Waals surface area contributed by atoms with Crippen LogP contribution in [0.15, 0.2) is 24.3 Å². The number of hydrogen-bond acceptors (Lipinski definition) is 2. The number of rotatable bonds is 4. The van der Waals surface area contributed by atoms with E-state index in [0.717, 1.165) is 24.0 Å². The van der Waals surface area contributed by atoms with Crippen LogP contribution in [0.4, 0.5) is 0 Å². The van der Waals surface area contributed by atoms with Crippen LogP contribution in [0.5, 0.6) is 0 Å². The average Bonchev–Trinajstić information content (AvgIpc) is 2.33. The summed E-state index contributed by atoms with van der Waals surface area (Å²) in [5.74, 6) is 0.823. The Morgan fingerprint density at radius 2 is 2.00 bits per heavy atom. The van der Waals surface area contributed by atoms with Gasteiger partial charge >= 0.3 is 0 Å². The van der Waals surface area contributed by atoms with Crippen LogP contribution in [-0.2, 0) is 6.54 Å². The number of piperidine rings is 1. The third-order valence-electron chi connectivity index (χ3n) is 3.17. The molecule has 0 saturated carbocycles. The number of benzene rings is 1. The van der Waals surface area contributed by atoms with Gasteiger partial charge in [-0.2, -0.15) is 0 Å². The SMILES string of the molecule is Clc1ccccc1CNCC1CCNCC1. The van der Waals surface area contributed by atoms with Crippen molar-refractivity contribution in [3.05, 3.63) is 34.9 Å². The third-order valence-corrected chi connectivity index (χ3v) is 3.53. The van der Waals surface area contributed by atoms with Gasteiger partial charge < -0.3 is 10.6 Å². The molecule has 1 aromatic carbocycles. The zero-order valence-corrected chi connectivity index (χ0v) is 10.3. The first-order valence-electron chi connectivity index (χ1n) is 6.01. The van der Waals surface area contributed by atoms with E-state index in [0.29, 0.717) is 0 Å². The molecule has 1 saturated heterocycles. The van der Waals surface area contributed by atoms with E-state index in [9.17, 15) is 0 Å². The smallest absolute Gasteiger partial charge is 0.0450 e. The Kier molecular flexibility index (Phi) is 4.64. The molecule has 1 aromatic rings. The predicted molar refractivity (Wildman–Crippen MR) is 68.8 cm³/mol. The van der Waals surface area contributed by atoms with E-state index in [2.05, 4.69) is 16.7 Å². The summed E-state index contributed by atoms with van der Waals surface area (Å²) in [5.41, 5.74) is 1.19.